The fraction of sp³-hybridized carbons (Fsp3) is 0.417. The van der Waals surface area contributed by atoms with Crippen LogP contribution in [0.5, 0.6) is 0 Å². The zero-order chi connectivity index (χ0) is 11.2. The second-order valence-corrected chi connectivity index (χ2v) is 4.67. The van der Waals surface area contributed by atoms with Crippen molar-refractivity contribution >= 4 is 17.3 Å². The van der Waals surface area contributed by atoms with Crippen molar-refractivity contribution in [3.8, 4) is 0 Å². The minimum absolute atomic E-state index is 0.0310. The topological polar surface area (TPSA) is 41.1 Å². The Bertz CT molecular complexity index is 454. The molecule has 4 heteroatoms. The summed E-state index contributed by atoms with van der Waals surface area (Å²) in [5, 5.41) is 6.13. The molecule has 1 saturated carbocycles. The van der Waals surface area contributed by atoms with Crippen LogP contribution < -0.4 is 10.6 Å². The zero-order valence-corrected chi connectivity index (χ0v) is 8.85. The number of amides is 1. The number of carbonyl (C=O) groups excluding carboxylic acids is 1. The fourth-order valence-corrected chi connectivity index (χ4v) is 2.47. The summed E-state index contributed by atoms with van der Waals surface area (Å²) in [5.41, 5.74) is 1.29. The van der Waals surface area contributed by atoms with Crippen molar-refractivity contribution < 1.29 is 9.18 Å². The van der Waals surface area contributed by atoms with Crippen LogP contribution in [-0.4, -0.2) is 11.4 Å². The number of halogens is 1. The molecule has 1 heterocycles. The summed E-state index contributed by atoms with van der Waals surface area (Å²) in [4.78, 5) is 11.7. The number of rotatable bonds is 0. The van der Waals surface area contributed by atoms with Crippen molar-refractivity contribution in [1.82, 2.24) is 0 Å². The average molecular weight is 220 g/mol. The van der Waals surface area contributed by atoms with E-state index in [9.17, 15) is 9.18 Å². The van der Waals surface area contributed by atoms with E-state index in [2.05, 4.69) is 10.6 Å². The summed E-state index contributed by atoms with van der Waals surface area (Å²) in [6.45, 7) is 0. The van der Waals surface area contributed by atoms with Crippen LogP contribution in [0.2, 0.25) is 0 Å². The number of nitrogens with one attached hydrogen (secondary N) is 2. The van der Waals surface area contributed by atoms with Crippen molar-refractivity contribution in [2.75, 3.05) is 10.6 Å². The molecule has 84 valence electrons. The highest BCUT2D eigenvalue weighted by Crippen LogP contribution is 2.42. The first kappa shape index (κ1) is 9.63. The largest absolute Gasteiger partial charge is 0.377 e. The molecular weight excluding hydrogens is 207 g/mol. The Morgan fingerprint density at radius 3 is 2.75 bits per heavy atom. The Morgan fingerprint density at radius 2 is 2.06 bits per heavy atom. The number of hydrogen-bond donors (Lipinski definition) is 2. The Hall–Kier alpha value is -1.58. The van der Waals surface area contributed by atoms with Crippen LogP contribution >= 0.6 is 0 Å². The first-order valence-electron chi connectivity index (χ1n) is 5.55. The molecule has 0 bridgehead atoms. The van der Waals surface area contributed by atoms with Gasteiger partial charge in [-0.15, -0.1) is 0 Å². The molecule has 1 aromatic rings. The molecule has 0 saturated heterocycles. The van der Waals surface area contributed by atoms with Gasteiger partial charge in [0.05, 0.1) is 11.4 Å². The van der Waals surface area contributed by atoms with Crippen LogP contribution in [-0.2, 0) is 4.79 Å². The van der Waals surface area contributed by atoms with E-state index >= 15 is 0 Å². The van der Waals surface area contributed by atoms with E-state index in [1.165, 1.54) is 12.1 Å². The molecule has 16 heavy (non-hydrogen) atoms. The third kappa shape index (κ3) is 1.45. The van der Waals surface area contributed by atoms with Crippen LogP contribution in [0, 0.1) is 5.82 Å². The highest BCUT2D eigenvalue weighted by molar-refractivity contribution is 5.97. The molecule has 0 radical (unpaired) electrons. The molecule has 1 aliphatic carbocycles. The Balaban J connectivity index is 2.01. The lowest BCUT2D eigenvalue weighted by molar-refractivity contribution is -0.117. The van der Waals surface area contributed by atoms with Gasteiger partial charge in [0.15, 0.2) is 0 Å². The van der Waals surface area contributed by atoms with Crippen molar-refractivity contribution in [2.45, 2.75) is 31.2 Å². The first-order valence-corrected chi connectivity index (χ1v) is 5.55. The summed E-state index contributed by atoms with van der Waals surface area (Å²) in [7, 11) is 0. The van der Waals surface area contributed by atoms with Gasteiger partial charge in [-0.1, -0.05) is 0 Å². The van der Waals surface area contributed by atoms with Gasteiger partial charge in [-0.05, 0) is 37.5 Å². The number of fused-ring (bicyclic) bond motifs is 1. The third-order valence-electron chi connectivity index (χ3n) is 3.47. The third-order valence-corrected chi connectivity index (χ3v) is 3.47. The Kier molecular flexibility index (Phi) is 1.93. The summed E-state index contributed by atoms with van der Waals surface area (Å²) in [6, 6.07) is 4.46. The fourth-order valence-electron chi connectivity index (χ4n) is 2.47. The van der Waals surface area contributed by atoms with E-state index in [4.69, 9.17) is 0 Å². The standard InChI is InChI=1S/C12H13FN2O/c13-8-2-3-9-10(6-8)14-11(16)7-12(15-9)4-1-5-12/h2-3,6,15H,1,4-5,7H2,(H,14,16). The molecule has 1 amide bonds. The van der Waals surface area contributed by atoms with E-state index in [-0.39, 0.29) is 17.3 Å². The van der Waals surface area contributed by atoms with E-state index in [1.807, 2.05) is 0 Å². The second kappa shape index (κ2) is 3.20. The van der Waals surface area contributed by atoms with Crippen LogP contribution in [0.25, 0.3) is 0 Å². The predicted molar refractivity (Wildman–Crippen MR) is 59.9 cm³/mol. The summed E-state index contributed by atoms with van der Waals surface area (Å²) in [5.74, 6) is -0.359. The molecule has 0 atom stereocenters. The Labute approximate surface area is 93.0 Å². The highest BCUT2D eigenvalue weighted by Gasteiger charge is 2.40. The highest BCUT2D eigenvalue weighted by atomic mass is 19.1. The van der Waals surface area contributed by atoms with Gasteiger partial charge in [-0.3, -0.25) is 4.79 Å². The normalized spacial score (nSPS) is 21.4. The second-order valence-electron chi connectivity index (χ2n) is 4.67. The van der Waals surface area contributed by atoms with Crippen LogP contribution in [0.15, 0.2) is 18.2 Å². The van der Waals surface area contributed by atoms with E-state index in [0.717, 1.165) is 24.9 Å². The maximum absolute atomic E-state index is 13.1. The van der Waals surface area contributed by atoms with E-state index in [0.29, 0.717) is 12.1 Å². The lowest BCUT2D eigenvalue weighted by Crippen LogP contribution is -2.46. The number of benzene rings is 1. The van der Waals surface area contributed by atoms with Crippen LogP contribution in [0.1, 0.15) is 25.7 Å². The van der Waals surface area contributed by atoms with Crippen molar-refractivity contribution in [1.29, 1.82) is 0 Å². The number of hydrogen-bond acceptors (Lipinski definition) is 2. The van der Waals surface area contributed by atoms with Gasteiger partial charge in [0, 0.05) is 12.0 Å². The van der Waals surface area contributed by atoms with Gasteiger partial charge in [-0.25, -0.2) is 4.39 Å². The molecule has 2 N–H and O–H groups in total. The lowest BCUT2D eigenvalue weighted by Gasteiger charge is -2.41. The molecule has 1 aromatic carbocycles. The SMILES string of the molecule is O=C1CC2(CCC2)Nc2ccc(F)cc2N1. The van der Waals surface area contributed by atoms with Crippen molar-refractivity contribution in [2.24, 2.45) is 0 Å². The maximum Gasteiger partial charge on any atom is 0.226 e. The van der Waals surface area contributed by atoms with Gasteiger partial charge in [-0.2, -0.15) is 0 Å². The summed E-state index contributed by atoms with van der Waals surface area (Å²) < 4.78 is 13.1. The van der Waals surface area contributed by atoms with Crippen LogP contribution in [0.4, 0.5) is 15.8 Å². The van der Waals surface area contributed by atoms with Gasteiger partial charge in [0.1, 0.15) is 5.82 Å². The van der Waals surface area contributed by atoms with Crippen molar-refractivity contribution in [3.05, 3.63) is 24.0 Å². The molecule has 2 aliphatic rings. The van der Waals surface area contributed by atoms with Crippen LogP contribution in [0.3, 0.4) is 0 Å². The molecule has 3 rings (SSSR count). The van der Waals surface area contributed by atoms with E-state index < -0.39 is 0 Å². The zero-order valence-electron chi connectivity index (χ0n) is 8.85. The van der Waals surface area contributed by atoms with Gasteiger partial charge >= 0.3 is 0 Å². The van der Waals surface area contributed by atoms with E-state index in [1.54, 1.807) is 6.07 Å². The maximum atomic E-state index is 13.1. The first-order chi connectivity index (χ1) is 7.67. The molecule has 1 fully saturated rings. The quantitative estimate of drug-likeness (QED) is 0.705. The molecule has 0 aromatic heterocycles. The van der Waals surface area contributed by atoms with Gasteiger partial charge in [0.25, 0.3) is 0 Å². The predicted octanol–water partition coefficient (Wildman–Crippen LogP) is 2.50. The summed E-state index contributed by atoms with van der Waals surface area (Å²) in [6.07, 6.45) is 3.65. The summed E-state index contributed by atoms with van der Waals surface area (Å²) >= 11 is 0. The average Bonchev–Trinajstić information content (AvgIpc) is 2.32. The minimum atomic E-state index is -0.328. The minimum Gasteiger partial charge on any atom is -0.377 e. The molecule has 1 spiro atoms. The lowest BCUT2D eigenvalue weighted by atomic mass is 9.74. The smallest absolute Gasteiger partial charge is 0.226 e. The molecular formula is C12H13FN2O. The monoisotopic (exact) mass is 220 g/mol. The van der Waals surface area contributed by atoms with Gasteiger partial charge in [0.2, 0.25) is 5.91 Å². The Morgan fingerprint density at radius 1 is 1.25 bits per heavy atom. The molecule has 0 unspecified atom stereocenters. The van der Waals surface area contributed by atoms with Gasteiger partial charge < -0.3 is 10.6 Å². The molecule has 1 aliphatic heterocycles. The molecule has 3 nitrogen and oxygen atoms in total. The number of carbonyl (C=O) groups is 1. The number of anilines is 2. The van der Waals surface area contributed by atoms with Crippen molar-refractivity contribution in [3.63, 3.8) is 0 Å².